The van der Waals surface area contributed by atoms with Crippen molar-refractivity contribution in [1.82, 2.24) is 10.3 Å². The Labute approximate surface area is 131 Å². The Morgan fingerprint density at radius 1 is 1.22 bits per heavy atom. The van der Waals surface area contributed by atoms with Crippen LogP contribution in [-0.2, 0) is 25.5 Å². The van der Waals surface area contributed by atoms with E-state index >= 15 is 0 Å². The van der Waals surface area contributed by atoms with Gasteiger partial charge in [0.25, 0.3) is 5.91 Å². The highest BCUT2D eigenvalue weighted by Crippen LogP contribution is 2.15. The summed E-state index contributed by atoms with van der Waals surface area (Å²) >= 11 is 0. The van der Waals surface area contributed by atoms with Crippen LogP contribution < -0.4 is 5.32 Å². The van der Waals surface area contributed by atoms with Crippen molar-refractivity contribution in [1.29, 1.82) is 0 Å². The third-order valence-corrected chi connectivity index (χ3v) is 2.76. The van der Waals surface area contributed by atoms with Gasteiger partial charge in [0.2, 0.25) is 0 Å². The third kappa shape index (κ3) is 5.10. The molecule has 0 fully saturated rings. The molecule has 0 aliphatic rings. The van der Waals surface area contributed by atoms with Crippen molar-refractivity contribution in [2.24, 2.45) is 0 Å². The van der Waals surface area contributed by atoms with Gasteiger partial charge in [0.05, 0.1) is 13.0 Å². The molecule has 0 aliphatic heterocycles. The van der Waals surface area contributed by atoms with Gasteiger partial charge in [-0.25, -0.2) is 9.78 Å². The molecule has 2 rings (SSSR count). The summed E-state index contributed by atoms with van der Waals surface area (Å²) in [4.78, 5) is 38.1. The van der Waals surface area contributed by atoms with Crippen molar-refractivity contribution < 1.29 is 28.3 Å². The molecule has 8 nitrogen and oxygen atoms in total. The summed E-state index contributed by atoms with van der Waals surface area (Å²) in [6, 6.07) is 7.25. The Balaban J connectivity index is 1.72. The summed E-state index contributed by atoms with van der Waals surface area (Å²) in [5.74, 6) is -0.927. The molecule has 23 heavy (non-hydrogen) atoms. The van der Waals surface area contributed by atoms with E-state index in [1.807, 2.05) is 17.4 Å². The molecule has 8 heteroatoms. The zero-order valence-electron chi connectivity index (χ0n) is 12.5. The largest absolute Gasteiger partial charge is 0.456 e. The third-order valence-electron chi connectivity index (χ3n) is 2.76. The standard InChI is InChI=1S/C15H16N2O6/c1-2-21-15(20)17-12(18)9-22-14(19)8-7-13-16-10-5-3-4-6-11(10)23-13/h3-6H,2,7-9H2,1H3,(H,17,18,20). The number of esters is 1. The van der Waals surface area contributed by atoms with Gasteiger partial charge in [0.1, 0.15) is 5.52 Å². The van der Waals surface area contributed by atoms with Gasteiger partial charge in [0, 0.05) is 6.42 Å². The van der Waals surface area contributed by atoms with Crippen LogP contribution in [0.1, 0.15) is 19.2 Å². The second-order valence-electron chi connectivity index (χ2n) is 4.50. The molecule has 0 aliphatic carbocycles. The minimum atomic E-state index is -0.875. The van der Waals surface area contributed by atoms with Gasteiger partial charge in [0.15, 0.2) is 18.1 Å². The molecule has 0 bridgehead atoms. The molecule has 2 aromatic rings. The molecule has 122 valence electrons. The Morgan fingerprint density at radius 2 is 2.00 bits per heavy atom. The molecule has 0 radical (unpaired) electrons. The van der Waals surface area contributed by atoms with E-state index in [-0.39, 0.29) is 19.4 Å². The number of hydrogen-bond acceptors (Lipinski definition) is 7. The molecule has 2 amide bonds. The van der Waals surface area contributed by atoms with E-state index in [1.165, 1.54) is 0 Å². The number of aryl methyl sites for hydroxylation is 1. The van der Waals surface area contributed by atoms with Crippen molar-refractivity contribution in [3.63, 3.8) is 0 Å². The van der Waals surface area contributed by atoms with Crippen LogP contribution in [0.3, 0.4) is 0 Å². The fraction of sp³-hybridized carbons (Fsp3) is 0.333. The summed E-state index contributed by atoms with van der Waals surface area (Å²) in [6.07, 6.45) is -0.605. The maximum absolute atomic E-state index is 11.6. The van der Waals surface area contributed by atoms with E-state index in [9.17, 15) is 14.4 Å². The lowest BCUT2D eigenvalue weighted by Gasteiger charge is -2.05. The number of para-hydroxylation sites is 2. The molecule has 0 saturated heterocycles. The zero-order chi connectivity index (χ0) is 16.7. The van der Waals surface area contributed by atoms with Gasteiger partial charge in [-0.3, -0.25) is 14.9 Å². The summed E-state index contributed by atoms with van der Waals surface area (Å²) in [7, 11) is 0. The first-order valence-corrected chi connectivity index (χ1v) is 7.05. The Bertz CT molecular complexity index is 676. The number of benzene rings is 1. The summed E-state index contributed by atoms with van der Waals surface area (Å²) < 4.78 is 14.7. The fourth-order valence-corrected chi connectivity index (χ4v) is 1.77. The minimum absolute atomic E-state index is 0.0134. The number of nitrogens with zero attached hydrogens (tertiary/aromatic N) is 1. The lowest BCUT2D eigenvalue weighted by Crippen LogP contribution is -2.34. The van der Waals surface area contributed by atoms with Gasteiger partial charge in [-0.1, -0.05) is 12.1 Å². The number of carbonyl (C=O) groups is 3. The average molecular weight is 320 g/mol. The smallest absolute Gasteiger partial charge is 0.413 e. The number of rotatable bonds is 6. The first-order chi connectivity index (χ1) is 11.1. The Kier molecular flexibility index (Phi) is 5.67. The van der Waals surface area contributed by atoms with E-state index in [0.717, 1.165) is 0 Å². The molecule has 1 aromatic carbocycles. The van der Waals surface area contributed by atoms with Gasteiger partial charge in [-0.05, 0) is 19.1 Å². The highest BCUT2D eigenvalue weighted by molar-refractivity contribution is 5.93. The van der Waals surface area contributed by atoms with Crippen molar-refractivity contribution in [2.75, 3.05) is 13.2 Å². The first kappa shape index (κ1) is 16.5. The highest BCUT2D eigenvalue weighted by atomic mass is 16.6. The fourth-order valence-electron chi connectivity index (χ4n) is 1.77. The number of oxazole rings is 1. The second kappa shape index (κ2) is 7.92. The molecule has 1 heterocycles. The first-order valence-electron chi connectivity index (χ1n) is 7.05. The normalized spacial score (nSPS) is 10.3. The van der Waals surface area contributed by atoms with Gasteiger partial charge >= 0.3 is 12.1 Å². The number of amides is 2. The highest BCUT2D eigenvalue weighted by Gasteiger charge is 2.13. The predicted molar refractivity (Wildman–Crippen MR) is 78.5 cm³/mol. The molecule has 1 aromatic heterocycles. The molecule has 0 spiro atoms. The Morgan fingerprint density at radius 3 is 2.74 bits per heavy atom. The molecule has 0 unspecified atom stereocenters. The SMILES string of the molecule is CCOC(=O)NC(=O)COC(=O)CCc1nc2ccccc2o1. The number of aromatic nitrogens is 1. The zero-order valence-corrected chi connectivity index (χ0v) is 12.5. The lowest BCUT2D eigenvalue weighted by atomic mass is 10.3. The van der Waals surface area contributed by atoms with Crippen LogP contribution >= 0.6 is 0 Å². The molecular weight excluding hydrogens is 304 g/mol. The summed E-state index contributed by atoms with van der Waals surface area (Å²) in [5, 5.41) is 1.92. The number of nitrogens with one attached hydrogen (secondary N) is 1. The van der Waals surface area contributed by atoms with Crippen LogP contribution in [0, 0.1) is 0 Å². The van der Waals surface area contributed by atoms with Gasteiger partial charge in [-0.2, -0.15) is 0 Å². The van der Waals surface area contributed by atoms with E-state index in [2.05, 4.69) is 9.72 Å². The van der Waals surface area contributed by atoms with Crippen molar-refractivity contribution in [3.05, 3.63) is 30.2 Å². The maximum Gasteiger partial charge on any atom is 0.413 e. The van der Waals surface area contributed by atoms with Crippen LogP contribution in [0.4, 0.5) is 4.79 Å². The van der Waals surface area contributed by atoms with Crippen molar-refractivity contribution in [3.8, 4) is 0 Å². The molecule has 1 N–H and O–H groups in total. The van der Waals surface area contributed by atoms with Crippen LogP contribution in [0.5, 0.6) is 0 Å². The number of hydrogen-bond donors (Lipinski definition) is 1. The minimum Gasteiger partial charge on any atom is -0.456 e. The van der Waals surface area contributed by atoms with E-state index in [4.69, 9.17) is 9.15 Å². The number of ether oxygens (including phenoxy) is 2. The van der Waals surface area contributed by atoms with Gasteiger partial charge in [-0.15, -0.1) is 0 Å². The average Bonchev–Trinajstić information content (AvgIpc) is 2.94. The van der Waals surface area contributed by atoms with E-state index < -0.39 is 24.6 Å². The molecule has 0 atom stereocenters. The monoisotopic (exact) mass is 320 g/mol. The maximum atomic E-state index is 11.6. The number of imide groups is 1. The van der Waals surface area contributed by atoms with Gasteiger partial charge < -0.3 is 13.9 Å². The molecular formula is C15H16N2O6. The van der Waals surface area contributed by atoms with Crippen molar-refractivity contribution in [2.45, 2.75) is 19.8 Å². The van der Waals surface area contributed by atoms with Crippen LogP contribution in [-0.4, -0.2) is 36.2 Å². The van der Waals surface area contributed by atoms with E-state index in [0.29, 0.717) is 17.0 Å². The number of fused-ring (bicyclic) bond motifs is 1. The van der Waals surface area contributed by atoms with Crippen LogP contribution in [0.2, 0.25) is 0 Å². The second-order valence-corrected chi connectivity index (χ2v) is 4.50. The molecule has 0 saturated carbocycles. The quantitative estimate of drug-likeness (QED) is 0.805. The summed E-state index contributed by atoms with van der Waals surface area (Å²) in [6.45, 7) is 1.20. The van der Waals surface area contributed by atoms with E-state index in [1.54, 1.807) is 19.1 Å². The van der Waals surface area contributed by atoms with Crippen LogP contribution in [0.25, 0.3) is 11.1 Å². The Hall–Kier alpha value is -2.90. The predicted octanol–water partition coefficient (Wildman–Crippen LogP) is 1.58. The lowest BCUT2D eigenvalue weighted by molar-refractivity contribution is -0.148. The van der Waals surface area contributed by atoms with Crippen molar-refractivity contribution >= 4 is 29.1 Å². The van der Waals surface area contributed by atoms with Crippen LogP contribution in [0.15, 0.2) is 28.7 Å². The topological polar surface area (TPSA) is 108 Å². The number of carbonyl (C=O) groups excluding carboxylic acids is 3. The summed E-state index contributed by atoms with van der Waals surface area (Å²) in [5.41, 5.74) is 1.36. The number of alkyl carbamates (subject to hydrolysis) is 1.